The lowest BCUT2D eigenvalue weighted by atomic mass is 10.1. The summed E-state index contributed by atoms with van der Waals surface area (Å²) in [5, 5.41) is 17.3. The zero-order chi connectivity index (χ0) is 15.5. The topological polar surface area (TPSA) is 54.5 Å². The van der Waals surface area contributed by atoms with E-state index in [1.165, 1.54) is 12.1 Å². The molecule has 0 unspecified atom stereocenters. The van der Waals surface area contributed by atoms with Gasteiger partial charge in [0.25, 0.3) is 0 Å². The number of hydrogen-bond donors (Lipinski definition) is 0. The van der Waals surface area contributed by atoms with Crippen LogP contribution in [0.2, 0.25) is 0 Å². The minimum atomic E-state index is -0.283. The van der Waals surface area contributed by atoms with Crippen LogP contribution in [0.25, 0.3) is 5.69 Å². The highest BCUT2D eigenvalue weighted by Gasteiger charge is 2.15. The fourth-order valence-electron chi connectivity index (χ4n) is 2.34. The molecule has 0 radical (unpaired) electrons. The van der Waals surface area contributed by atoms with Gasteiger partial charge in [-0.15, -0.1) is 5.10 Å². The van der Waals surface area contributed by atoms with Crippen molar-refractivity contribution in [3.8, 4) is 11.8 Å². The maximum atomic E-state index is 13.0. The molecule has 0 aliphatic heterocycles. The van der Waals surface area contributed by atoms with Crippen LogP contribution < -0.4 is 0 Å². The third-order valence-electron chi connectivity index (χ3n) is 3.50. The second kappa shape index (κ2) is 5.78. The van der Waals surface area contributed by atoms with Gasteiger partial charge in [-0.1, -0.05) is 35.5 Å². The molecule has 0 saturated carbocycles. The van der Waals surface area contributed by atoms with Crippen molar-refractivity contribution in [3.05, 3.63) is 76.9 Å². The van der Waals surface area contributed by atoms with Gasteiger partial charge in [0.15, 0.2) is 5.69 Å². The summed E-state index contributed by atoms with van der Waals surface area (Å²) in [5.74, 6) is -0.283. The Labute approximate surface area is 127 Å². The van der Waals surface area contributed by atoms with Gasteiger partial charge in [0.1, 0.15) is 11.9 Å². The van der Waals surface area contributed by atoms with Crippen molar-refractivity contribution in [3.63, 3.8) is 0 Å². The molecule has 0 amide bonds. The highest BCUT2D eigenvalue weighted by atomic mass is 19.1. The molecule has 0 saturated heterocycles. The van der Waals surface area contributed by atoms with Crippen LogP contribution in [-0.4, -0.2) is 15.0 Å². The largest absolute Gasteiger partial charge is 0.216 e. The first-order valence-electron chi connectivity index (χ1n) is 6.84. The van der Waals surface area contributed by atoms with Crippen molar-refractivity contribution in [2.24, 2.45) is 0 Å². The molecule has 0 bridgehead atoms. The number of para-hydroxylation sites is 1. The number of rotatable bonds is 3. The Hall–Kier alpha value is -3.00. The number of halogens is 1. The van der Waals surface area contributed by atoms with E-state index in [1.807, 2.05) is 31.2 Å². The van der Waals surface area contributed by atoms with Crippen LogP contribution in [0.5, 0.6) is 0 Å². The van der Waals surface area contributed by atoms with Crippen molar-refractivity contribution in [2.75, 3.05) is 0 Å². The first kappa shape index (κ1) is 14.0. The van der Waals surface area contributed by atoms with E-state index in [4.69, 9.17) is 0 Å². The molecule has 0 fully saturated rings. The van der Waals surface area contributed by atoms with Crippen LogP contribution >= 0.6 is 0 Å². The van der Waals surface area contributed by atoms with Gasteiger partial charge >= 0.3 is 0 Å². The molecule has 0 spiro atoms. The Morgan fingerprint density at radius 3 is 2.55 bits per heavy atom. The number of aromatic nitrogens is 3. The third-order valence-corrected chi connectivity index (χ3v) is 3.50. The van der Waals surface area contributed by atoms with Gasteiger partial charge in [0.05, 0.1) is 11.4 Å². The summed E-state index contributed by atoms with van der Waals surface area (Å²) in [6, 6.07) is 16.0. The van der Waals surface area contributed by atoms with E-state index in [1.54, 1.807) is 16.8 Å². The number of nitrogens with zero attached hydrogens (tertiary/aromatic N) is 4. The molecule has 1 aromatic heterocycles. The van der Waals surface area contributed by atoms with Gasteiger partial charge in [-0.3, -0.25) is 0 Å². The van der Waals surface area contributed by atoms with E-state index in [-0.39, 0.29) is 11.5 Å². The van der Waals surface area contributed by atoms with E-state index in [2.05, 4.69) is 16.4 Å². The van der Waals surface area contributed by atoms with E-state index in [9.17, 15) is 9.65 Å². The van der Waals surface area contributed by atoms with Crippen LogP contribution in [-0.2, 0) is 6.42 Å². The molecule has 1 heterocycles. The lowest BCUT2D eigenvalue weighted by Gasteiger charge is -2.09. The monoisotopic (exact) mass is 292 g/mol. The molecule has 108 valence electrons. The zero-order valence-corrected chi connectivity index (χ0v) is 12.0. The molecular weight excluding hydrogens is 279 g/mol. The smallest absolute Gasteiger partial charge is 0.186 e. The van der Waals surface area contributed by atoms with Gasteiger partial charge in [0, 0.05) is 6.42 Å². The van der Waals surface area contributed by atoms with E-state index in [0.717, 1.165) is 16.8 Å². The Balaban J connectivity index is 2.07. The van der Waals surface area contributed by atoms with Gasteiger partial charge in [0.2, 0.25) is 0 Å². The van der Waals surface area contributed by atoms with Gasteiger partial charge < -0.3 is 0 Å². The quantitative estimate of drug-likeness (QED) is 0.745. The maximum absolute atomic E-state index is 13.0. The summed E-state index contributed by atoms with van der Waals surface area (Å²) < 4.78 is 14.7. The molecule has 0 atom stereocenters. The summed E-state index contributed by atoms with van der Waals surface area (Å²) in [5.41, 5.74) is 3.80. The molecule has 3 aromatic rings. The number of benzene rings is 2. The van der Waals surface area contributed by atoms with Crippen molar-refractivity contribution in [2.45, 2.75) is 13.3 Å². The van der Waals surface area contributed by atoms with Gasteiger partial charge in [-0.2, -0.15) is 5.26 Å². The molecule has 5 heteroatoms. The predicted octanol–water partition coefficient (Wildman–Crippen LogP) is 3.18. The Bertz CT molecular complexity index is 844. The summed E-state index contributed by atoms with van der Waals surface area (Å²) >= 11 is 0. The molecule has 4 nitrogen and oxygen atoms in total. The summed E-state index contributed by atoms with van der Waals surface area (Å²) in [6.45, 7) is 1.98. The molecule has 0 aliphatic carbocycles. The first-order valence-corrected chi connectivity index (χ1v) is 6.84. The van der Waals surface area contributed by atoms with E-state index >= 15 is 0 Å². The van der Waals surface area contributed by atoms with Crippen molar-refractivity contribution in [1.82, 2.24) is 15.0 Å². The van der Waals surface area contributed by atoms with Crippen LogP contribution in [0, 0.1) is 24.1 Å². The highest BCUT2D eigenvalue weighted by Crippen LogP contribution is 2.19. The van der Waals surface area contributed by atoms with Crippen LogP contribution in [0.1, 0.15) is 22.5 Å². The molecule has 0 aliphatic rings. The minimum Gasteiger partial charge on any atom is -0.216 e. The van der Waals surface area contributed by atoms with Gasteiger partial charge in [-0.05, 0) is 36.2 Å². The maximum Gasteiger partial charge on any atom is 0.186 e. The third kappa shape index (κ3) is 2.59. The average Bonchev–Trinajstić information content (AvgIpc) is 2.92. The number of hydrogen-bond acceptors (Lipinski definition) is 3. The van der Waals surface area contributed by atoms with Gasteiger partial charge in [-0.25, -0.2) is 9.07 Å². The molecule has 22 heavy (non-hydrogen) atoms. The molecule has 2 aromatic carbocycles. The lowest BCUT2D eigenvalue weighted by molar-refractivity contribution is 0.627. The lowest BCUT2D eigenvalue weighted by Crippen LogP contribution is -2.05. The Morgan fingerprint density at radius 1 is 1.14 bits per heavy atom. The summed E-state index contributed by atoms with van der Waals surface area (Å²) in [7, 11) is 0. The number of nitriles is 1. The van der Waals surface area contributed by atoms with Crippen molar-refractivity contribution in [1.29, 1.82) is 5.26 Å². The van der Waals surface area contributed by atoms with Crippen LogP contribution in [0.4, 0.5) is 4.39 Å². The second-order valence-corrected chi connectivity index (χ2v) is 5.00. The predicted molar refractivity (Wildman–Crippen MR) is 80.0 cm³/mol. The Morgan fingerprint density at radius 2 is 1.86 bits per heavy atom. The normalized spacial score (nSPS) is 10.4. The summed E-state index contributed by atoms with van der Waals surface area (Å²) in [6.07, 6.45) is 0.463. The Kier molecular flexibility index (Phi) is 3.67. The fourth-order valence-corrected chi connectivity index (χ4v) is 2.34. The SMILES string of the molecule is Cc1ccccc1-n1nnc(C#N)c1Cc1ccc(F)cc1. The van der Waals surface area contributed by atoms with E-state index in [0.29, 0.717) is 12.1 Å². The first-order chi connectivity index (χ1) is 10.7. The van der Waals surface area contributed by atoms with Crippen LogP contribution in [0.3, 0.4) is 0 Å². The molecule has 0 N–H and O–H groups in total. The standard InChI is InChI=1S/C17H13FN4/c1-12-4-2-3-5-16(12)22-17(15(11-19)20-21-22)10-13-6-8-14(18)9-7-13/h2-9H,10H2,1H3. The summed E-state index contributed by atoms with van der Waals surface area (Å²) in [4.78, 5) is 0. The average molecular weight is 292 g/mol. The zero-order valence-electron chi connectivity index (χ0n) is 12.0. The second-order valence-electron chi connectivity index (χ2n) is 5.00. The van der Waals surface area contributed by atoms with Crippen molar-refractivity contribution >= 4 is 0 Å². The molecular formula is C17H13FN4. The van der Waals surface area contributed by atoms with E-state index < -0.39 is 0 Å². The minimum absolute atomic E-state index is 0.283. The highest BCUT2D eigenvalue weighted by molar-refractivity contribution is 5.43. The van der Waals surface area contributed by atoms with Crippen LogP contribution in [0.15, 0.2) is 48.5 Å². The molecule has 3 rings (SSSR count). The number of aryl methyl sites for hydroxylation is 1. The van der Waals surface area contributed by atoms with Crippen molar-refractivity contribution < 1.29 is 4.39 Å². The fraction of sp³-hybridized carbons (Fsp3) is 0.118.